The first-order valence-corrected chi connectivity index (χ1v) is 9.55. The molecule has 1 aliphatic rings. The van der Waals surface area contributed by atoms with E-state index in [-0.39, 0.29) is 36.4 Å². The second-order valence-corrected chi connectivity index (χ2v) is 7.25. The Kier molecular flexibility index (Phi) is 10.2. The Morgan fingerprint density at radius 2 is 2.00 bits per heavy atom. The summed E-state index contributed by atoms with van der Waals surface area (Å²) in [7, 11) is 0. The summed E-state index contributed by atoms with van der Waals surface area (Å²) in [5.74, 6) is 4.61. The molecule has 0 bridgehead atoms. The summed E-state index contributed by atoms with van der Waals surface area (Å²) in [6.45, 7) is 3.69. The number of aliphatic hydroxyl groups is 2. The number of unbranched alkanes of at least 4 members (excludes halogenated alkanes) is 3. The van der Waals surface area contributed by atoms with E-state index in [4.69, 9.17) is 5.11 Å². The zero-order chi connectivity index (χ0) is 19.5. The van der Waals surface area contributed by atoms with E-state index < -0.39 is 18.2 Å². The lowest BCUT2D eigenvalue weighted by molar-refractivity contribution is -0.137. The predicted molar refractivity (Wildman–Crippen MR) is 100 cm³/mol. The zero-order valence-corrected chi connectivity index (χ0v) is 15.9. The summed E-state index contributed by atoms with van der Waals surface area (Å²) < 4.78 is 0. The Morgan fingerprint density at radius 3 is 2.65 bits per heavy atom. The van der Waals surface area contributed by atoms with Gasteiger partial charge >= 0.3 is 5.97 Å². The molecule has 1 fully saturated rings. The van der Waals surface area contributed by atoms with Crippen LogP contribution in [0.15, 0.2) is 12.2 Å². The van der Waals surface area contributed by atoms with E-state index in [0.29, 0.717) is 19.3 Å². The maximum Gasteiger partial charge on any atom is 0.303 e. The van der Waals surface area contributed by atoms with Crippen LogP contribution < -0.4 is 0 Å². The maximum atomic E-state index is 12.2. The molecule has 0 aromatic carbocycles. The molecule has 1 rings (SSSR count). The van der Waals surface area contributed by atoms with Crippen molar-refractivity contribution in [2.24, 2.45) is 17.8 Å². The first-order chi connectivity index (χ1) is 12.4. The monoisotopic (exact) mass is 364 g/mol. The molecular formula is C21H32O5. The van der Waals surface area contributed by atoms with E-state index in [1.54, 1.807) is 19.1 Å². The lowest BCUT2D eigenvalue weighted by atomic mass is 9.88. The van der Waals surface area contributed by atoms with Gasteiger partial charge in [0.1, 0.15) is 5.78 Å². The van der Waals surface area contributed by atoms with Gasteiger partial charge in [0.2, 0.25) is 0 Å². The highest BCUT2D eigenvalue weighted by Crippen LogP contribution is 2.34. The molecule has 0 aliphatic heterocycles. The second-order valence-electron chi connectivity index (χ2n) is 7.25. The van der Waals surface area contributed by atoms with Crippen LogP contribution >= 0.6 is 0 Å². The van der Waals surface area contributed by atoms with Gasteiger partial charge in [-0.3, -0.25) is 9.59 Å². The second kappa shape index (κ2) is 11.9. The molecule has 0 heterocycles. The fourth-order valence-electron chi connectivity index (χ4n) is 3.40. The lowest BCUT2D eigenvalue weighted by Crippen LogP contribution is -2.20. The van der Waals surface area contributed by atoms with Crippen LogP contribution in [0.5, 0.6) is 0 Å². The van der Waals surface area contributed by atoms with Gasteiger partial charge in [-0.05, 0) is 25.7 Å². The van der Waals surface area contributed by atoms with E-state index in [1.165, 1.54) is 0 Å². The Balaban J connectivity index is 2.50. The van der Waals surface area contributed by atoms with E-state index in [2.05, 4.69) is 11.8 Å². The number of rotatable bonds is 11. The number of carboxylic acid groups (broad SMARTS) is 1. The van der Waals surface area contributed by atoms with Crippen LogP contribution in [0, 0.1) is 29.6 Å². The highest BCUT2D eigenvalue weighted by molar-refractivity contribution is 5.84. The van der Waals surface area contributed by atoms with Crippen LogP contribution in [0.2, 0.25) is 0 Å². The van der Waals surface area contributed by atoms with Crippen molar-refractivity contribution in [1.82, 2.24) is 0 Å². The molecule has 5 heteroatoms. The number of carbonyl (C=O) groups excluding carboxylic acids is 1. The summed E-state index contributed by atoms with van der Waals surface area (Å²) in [6, 6.07) is 0. The van der Waals surface area contributed by atoms with Gasteiger partial charge in [-0.2, -0.15) is 0 Å². The number of aliphatic carboxylic acids is 1. The first-order valence-electron chi connectivity index (χ1n) is 9.55. The Labute approximate surface area is 156 Å². The number of aliphatic hydroxyl groups excluding tert-OH is 2. The third kappa shape index (κ3) is 7.72. The van der Waals surface area contributed by atoms with E-state index in [9.17, 15) is 19.8 Å². The topological polar surface area (TPSA) is 94.8 Å². The largest absolute Gasteiger partial charge is 0.481 e. The molecular weight excluding hydrogens is 332 g/mol. The normalized spacial score (nSPS) is 25.1. The Hall–Kier alpha value is -1.64. The summed E-state index contributed by atoms with van der Waals surface area (Å²) in [5, 5.41) is 29.0. The number of hydrogen-bond donors (Lipinski definition) is 3. The lowest BCUT2D eigenvalue weighted by Gasteiger charge is -2.19. The molecule has 1 aliphatic carbocycles. The van der Waals surface area contributed by atoms with Crippen LogP contribution in [0.4, 0.5) is 0 Å². The zero-order valence-electron chi connectivity index (χ0n) is 15.9. The SMILES string of the molecule is CC#CC[C@@H](C)[C@H](O)/C=C/[C@H]1[C@H](O)CC(=O)[C@@H]1CCCCCCC(=O)O. The minimum Gasteiger partial charge on any atom is -0.481 e. The standard InChI is InChI=1S/C21H32O5/c1-3-4-9-15(2)18(22)13-12-17-16(19(23)14-20(17)24)10-7-5-6-8-11-21(25)26/h12-13,15-18,20,22,24H,5-11,14H2,1-2H3,(H,25,26)/b13-12+/t15-,16-,17-,18-,20-/m1/s1. The Bertz CT molecular complexity index is 542. The molecule has 0 saturated heterocycles. The average Bonchev–Trinajstić information content (AvgIpc) is 2.86. The van der Waals surface area contributed by atoms with Gasteiger partial charge in [0.15, 0.2) is 0 Å². The third-order valence-corrected chi connectivity index (χ3v) is 5.10. The third-order valence-electron chi connectivity index (χ3n) is 5.10. The number of hydrogen-bond acceptors (Lipinski definition) is 4. The number of carbonyl (C=O) groups is 2. The molecule has 0 spiro atoms. The molecule has 0 radical (unpaired) electrons. The molecule has 0 aromatic heterocycles. The van der Waals surface area contributed by atoms with E-state index in [1.807, 2.05) is 6.92 Å². The van der Waals surface area contributed by atoms with Gasteiger partial charge in [-0.25, -0.2) is 0 Å². The molecule has 0 amide bonds. The molecule has 0 unspecified atom stereocenters. The molecule has 1 saturated carbocycles. The molecule has 26 heavy (non-hydrogen) atoms. The van der Waals surface area contributed by atoms with E-state index >= 15 is 0 Å². The van der Waals surface area contributed by atoms with Gasteiger partial charge in [-0.1, -0.05) is 38.3 Å². The smallest absolute Gasteiger partial charge is 0.303 e. The predicted octanol–water partition coefficient (Wildman–Crippen LogP) is 2.94. The van der Waals surface area contributed by atoms with Gasteiger partial charge < -0.3 is 15.3 Å². The van der Waals surface area contributed by atoms with Crippen molar-refractivity contribution >= 4 is 11.8 Å². The van der Waals surface area contributed by atoms with Crippen LogP contribution in [-0.4, -0.2) is 39.3 Å². The van der Waals surface area contributed by atoms with Crippen molar-refractivity contribution in [2.45, 2.75) is 77.4 Å². The van der Waals surface area contributed by atoms with Gasteiger partial charge in [0, 0.05) is 31.1 Å². The highest BCUT2D eigenvalue weighted by Gasteiger charge is 2.39. The summed E-state index contributed by atoms with van der Waals surface area (Å²) in [5.41, 5.74) is 0. The van der Waals surface area contributed by atoms with Gasteiger partial charge in [0.25, 0.3) is 0 Å². The highest BCUT2D eigenvalue weighted by atomic mass is 16.4. The summed E-state index contributed by atoms with van der Waals surface area (Å²) in [6.07, 6.45) is 7.05. The average molecular weight is 364 g/mol. The van der Waals surface area contributed by atoms with Crippen molar-refractivity contribution in [3.8, 4) is 11.8 Å². The van der Waals surface area contributed by atoms with Gasteiger partial charge in [-0.15, -0.1) is 11.8 Å². The van der Waals surface area contributed by atoms with Crippen molar-refractivity contribution in [2.75, 3.05) is 0 Å². The molecule has 0 aromatic rings. The fourth-order valence-corrected chi connectivity index (χ4v) is 3.40. The number of Topliss-reactive ketones (excluding diaryl/α,β-unsaturated/α-hetero) is 1. The molecule has 5 atom stereocenters. The van der Waals surface area contributed by atoms with Crippen molar-refractivity contribution in [3.63, 3.8) is 0 Å². The first kappa shape index (κ1) is 22.4. The van der Waals surface area contributed by atoms with Crippen LogP contribution in [0.3, 0.4) is 0 Å². The van der Waals surface area contributed by atoms with Crippen molar-refractivity contribution in [3.05, 3.63) is 12.2 Å². The Morgan fingerprint density at radius 1 is 1.31 bits per heavy atom. The van der Waals surface area contributed by atoms with Gasteiger partial charge in [0.05, 0.1) is 12.2 Å². The molecule has 3 N–H and O–H groups in total. The number of ketones is 1. The van der Waals surface area contributed by atoms with Crippen LogP contribution in [-0.2, 0) is 9.59 Å². The quantitative estimate of drug-likeness (QED) is 0.298. The minimum atomic E-state index is -0.776. The fraction of sp³-hybridized carbons (Fsp3) is 0.714. The van der Waals surface area contributed by atoms with E-state index in [0.717, 1.165) is 19.3 Å². The van der Waals surface area contributed by atoms with Crippen LogP contribution in [0.1, 0.15) is 65.2 Å². The summed E-state index contributed by atoms with van der Waals surface area (Å²) in [4.78, 5) is 22.7. The minimum absolute atomic E-state index is 0.000586. The van der Waals surface area contributed by atoms with Crippen LogP contribution in [0.25, 0.3) is 0 Å². The molecule has 5 nitrogen and oxygen atoms in total. The number of carboxylic acids is 1. The van der Waals surface area contributed by atoms with Crippen molar-refractivity contribution < 1.29 is 24.9 Å². The van der Waals surface area contributed by atoms with Crippen molar-refractivity contribution in [1.29, 1.82) is 0 Å². The molecule has 146 valence electrons. The maximum absolute atomic E-state index is 12.2. The summed E-state index contributed by atoms with van der Waals surface area (Å²) >= 11 is 0.